The molecule has 3 N–H and O–H groups in total. The maximum Gasteiger partial charge on any atom is 0.121 e. The van der Waals surface area contributed by atoms with E-state index in [1.54, 1.807) is 7.11 Å². The molecule has 0 saturated carbocycles. The van der Waals surface area contributed by atoms with Gasteiger partial charge in [0.1, 0.15) is 5.75 Å². The van der Waals surface area contributed by atoms with Gasteiger partial charge < -0.3 is 15.8 Å². The average Bonchev–Trinajstić information content (AvgIpc) is 2.39. The Balaban J connectivity index is 2.09. The van der Waals surface area contributed by atoms with Crippen LogP contribution in [-0.2, 0) is 6.54 Å². The molecule has 0 fully saturated rings. The molecule has 0 bridgehead atoms. The van der Waals surface area contributed by atoms with Crippen LogP contribution in [0.1, 0.15) is 11.1 Å². The second-order valence-electron chi connectivity index (χ2n) is 4.23. The highest BCUT2D eigenvalue weighted by Crippen LogP contribution is 2.24. The Morgan fingerprint density at radius 2 is 1.94 bits per heavy atom. The first kappa shape index (κ1) is 12.3. The molecule has 0 radical (unpaired) electrons. The zero-order chi connectivity index (χ0) is 13.0. The van der Waals surface area contributed by atoms with Crippen LogP contribution >= 0.6 is 0 Å². The number of nitrogens with two attached hydrogens (primary N) is 1. The zero-order valence-corrected chi connectivity index (χ0v) is 10.7. The molecule has 0 unspecified atom stereocenters. The van der Waals surface area contributed by atoms with Crippen molar-refractivity contribution in [3.63, 3.8) is 0 Å². The van der Waals surface area contributed by atoms with E-state index in [1.807, 2.05) is 30.3 Å². The van der Waals surface area contributed by atoms with Crippen molar-refractivity contribution < 1.29 is 4.74 Å². The molecule has 0 aromatic heterocycles. The number of anilines is 2. The maximum absolute atomic E-state index is 5.96. The molecule has 0 atom stereocenters. The number of rotatable bonds is 4. The summed E-state index contributed by atoms with van der Waals surface area (Å²) < 4.78 is 5.12. The van der Waals surface area contributed by atoms with Gasteiger partial charge in [0, 0.05) is 12.6 Å². The predicted molar refractivity (Wildman–Crippen MR) is 75.9 cm³/mol. The summed E-state index contributed by atoms with van der Waals surface area (Å²) in [5.41, 5.74) is 10.1. The van der Waals surface area contributed by atoms with Crippen LogP contribution in [0.5, 0.6) is 5.75 Å². The standard InChI is InChI=1S/C15H18N2O/c1-11-5-3-4-6-12(11)10-17-15-8-7-13(18-2)9-14(15)16/h3-9,17H,10,16H2,1-2H3. The van der Waals surface area contributed by atoms with E-state index in [2.05, 4.69) is 24.4 Å². The van der Waals surface area contributed by atoms with Crippen molar-refractivity contribution in [1.29, 1.82) is 0 Å². The number of nitrogen functional groups attached to an aromatic ring is 1. The third kappa shape index (κ3) is 2.74. The van der Waals surface area contributed by atoms with Crippen LogP contribution in [0.3, 0.4) is 0 Å². The first-order valence-corrected chi connectivity index (χ1v) is 5.92. The second-order valence-corrected chi connectivity index (χ2v) is 4.23. The summed E-state index contributed by atoms with van der Waals surface area (Å²) in [5, 5.41) is 3.34. The summed E-state index contributed by atoms with van der Waals surface area (Å²) in [6, 6.07) is 14.0. The average molecular weight is 242 g/mol. The number of benzene rings is 2. The van der Waals surface area contributed by atoms with E-state index in [4.69, 9.17) is 10.5 Å². The summed E-state index contributed by atoms with van der Waals surface area (Å²) >= 11 is 0. The number of methoxy groups -OCH3 is 1. The fraction of sp³-hybridized carbons (Fsp3) is 0.200. The van der Waals surface area contributed by atoms with Gasteiger partial charge in [0.2, 0.25) is 0 Å². The lowest BCUT2D eigenvalue weighted by atomic mass is 10.1. The third-order valence-corrected chi connectivity index (χ3v) is 2.99. The van der Waals surface area contributed by atoms with Gasteiger partial charge in [-0.05, 0) is 30.2 Å². The van der Waals surface area contributed by atoms with Gasteiger partial charge in [0.15, 0.2) is 0 Å². The Morgan fingerprint density at radius 3 is 2.61 bits per heavy atom. The monoisotopic (exact) mass is 242 g/mol. The smallest absolute Gasteiger partial charge is 0.121 e. The highest BCUT2D eigenvalue weighted by Gasteiger charge is 2.02. The van der Waals surface area contributed by atoms with Crippen LogP contribution in [-0.4, -0.2) is 7.11 Å². The maximum atomic E-state index is 5.96. The first-order chi connectivity index (χ1) is 8.70. The van der Waals surface area contributed by atoms with Gasteiger partial charge in [-0.25, -0.2) is 0 Å². The van der Waals surface area contributed by atoms with Crippen LogP contribution in [0.4, 0.5) is 11.4 Å². The van der Waals surface area contributed by atoms with Crippen molar-refractivity contribution in [2.45, 2.75) is 13.5 Å². The van der Waals surface area contributed by atoms with Gasteiger partial charge in [-0.3, -0.25) is 0 Å². The van der Waals surface area contributed by atoms with Crippen LogP contribution in [0.15, 0.2) is 42.5 Å². The highest BCUT2D eigenvalue weighted by atomic mass is 16.5. The van der Waals surface area contributed by atoms with E-state index in [9.17, 15) is 0 Å². The fourth-order valence-corrected chi connectivity index (χ4v) is 1.83. The van der Waals surface area contributed by atoms with Crippen LogP contribution in [0.2, 0.25) is 0 Å². The van der Waals surface area contributed by atoms with Gasteiger partial charge in [-0.1, -0.05) is 24.3 Å². The molecule has 94 valence electrons. The molecule has 2 rings (SSSR count). The Labute approximate surface area is 108 Å². The Hall–Kier alpha value is -2.16. The first-order valence-electron chi connectivity index (χ1n) is 5.92. The molecule has 2 aromatic carbocycles. The topological polar surface area (TPSA) is 47.3 Å². The number of ether oxygens (including phenoxy) is 1. The van der Waals surface area contributed by atoms with Gasteiger partial charge in [0.25, 0.3) is 0 Å². The van der Waals surface area contributed by atoms with Crippen molar-refractivity contribution in [2.24, 2.45) is 0 Å². The van der Waals surface area contributed by atoms with Crippen molar-refractivity contribution in [2.75, 3.05) is 18.2 Å². The number of hydrogen-bond donors (Lipinski definition) is 2. The summed E-state index contributed by atoms with van der Waals surface area (Å²) in [6.45, 7) is 2.87. The normalized spacial score (nSPS) is 10.1. The SMILES string of the molecule is COc1ccc(NCc2ccccc2C)c(N)c1. The minimum atomic E-state index is 0.697. The highest BCUT2D eigenvalue weighted by molar-refractivity contribution is 5.68. The molecule has 3 heteroatoms. The largest absolute Gasteiger partial charge is 0.497 e. The molecule has 0 amide bonds. The molecule has 0 aliphatic rings. The Morgan fingerprint density at radius 1 is 1.17 bits per heavy atom. The number of hydrogen-bond acceptors (Lipinski definition) is 3. The molecule has 0 aliphatic carbocycles. The van der Waals surface area contributed by atoms with Crippen molar-refractivity contribution in [3.05, 3.63) is 53.6 Å². The zero-order valence-electron chi connectivity index (χ0n) is 10.7. The van der Waals surface area contributed by atoms with Gasteiger partial charge in [-0.2, -0.15) is 0 Å². The minimum absolute atomic E-state index is 0.697. The molecular weight excluding hydrogens is 224 g/mol. The molecule has 0 heterocycles. The quantitative estimate of drug-likeness (QED) is 0.809. The molecule has 2 aromatic rings. The van der Waals surface area contributed by atoms with Crippen LogP contribution < -0.4 is 15.8 Å². The van der Waals surface area contributed by atoms with E-state index in [1.165, 1.54) is 11.1 Å². The van der Waals surface area contributed by atoms with Crippen LogP contribution in [0, 0.1) is 6.92 Å². The Bertz CT molecular complexity index is 538. The minimum Gasteiger partial charge on any atom is -0.497 e. The van der Waals surface area contributed by atoms with E-state index in [-0.39, 0.29) is 0 Å². The summed E-state index contributed by atoms with van der Waals surface area (Å²) in [7, 11) is 1.63. The molecule has 3 nitrogen and oxygen atoms in total. The van der Waals surface area contributed by atoms with Crippen LogP contribution in [0.25, 0.3) is 0 Å². The molecular formula is C15H18N2O. The van der Waals surface area contributed by atoms with Crippen molar-refractivity contribution in [1.82, 2.24) is 0 Å². The second kappa shape index (κ2) is 5.45. The van der Waals surface area contributed by atoms with E-state index in [0.717, 1.165) is 18.0 Å². The molecule has 0 aliphatic heterocycles. The molecule has 18 heavy (non-hydrogen) atoms. The lowest BCUT2D eigenvalue weighted by Gasteiger charge is -2.12. The van der Waals surface area contributed by atoms with E-state index >= 15 is 0 Å². The lowest BCUT2D eigenvalue weighted by Crippen LogP contribution is -2.03. The van der Waals surface area contributed by atoms with E-state index < -0.39 is 0 Å². The lowest BCUT2D eigenvalue weighted by molar-refractivity contribution is 0.415. The van der Waals surface area contributed by atoms with E-state index in [0.29, 0.717) is 5.69 Å². The van der Waals surface area contributed by atoms with Crippen molar-refractivity contribution >= 4 is 11.4 Å². The van der Waals surface area contributed by atoms with Gasteiger partial charge in [-0.15, -0.1) is 0 Å². The van der Waals surface area contributed by atoms with Gasteiger partial charge >= 0.3 is 0 Å². The van der Waals surface area contributed by atoms with Gasteiger partial charge in [0.05, 0.1) is 18.5 Å². The summed E-state index contributed by atoms with van der Waals surface area (Å²) in [5.74, 6) is 0.772. The summed E-state index contributed by atoms with van der Waals surface area (Å²) in [4.78, 5) is 0. The number of aryl methyl sites for hydroxylation is 1. The Kier molecular flexibility index (Phi) is 3.72. The molecule has 0 spiro atoms. The predicted octanol–water partition coefficient (Wildman–Crippen LogP) is 3.20. The third-order valence-electron chi connectivity index (χ3n) is 2.99. The fourth-order valence-electron chi connectivity index (χ4n) is 1.83. The van der Waals surface area contributed by atoms with Crippen molar-refractivity contribution in [3.8, 4) is 5.75 Å². The summed E-state index contributed by atoms with van der Waals surface area (Å²) in [6.07, 6.45) is 0. The number of nitrogens with one attached hydrogen (secondary N) is 1. The molecule has 0 saturated heterocycles.